The third-order valence-corrected chi connectivity index (χ3v) is 3.76. The zero-order valence-corrected chi connectivity index (χ0v) is 12.6. The molecule has 3 nitrogen and oxygen atoms in total. The van der Waals surface area contributed by atoms with Gasteiger partial charge >= 0.3 is 0 Å². The summed E-state index contributed by atoms with van der Waals surface area (Å²) in [5, 5.41) is 3.43. The third kappa shape index (κ3) is 4.46. The van der Waals surface area contributed by atoms with Gasteiger partial charge in [-0.25, -0.2) is 0 Å². The second-order valence-corrected chi connectivity index (χ2v) is 6.44. The number of hydrogen-bond acceptors (Lipinski definition) is 3. The summed E-state index contributed by atoms with van der Waals surface area (Å²) in [6, 6.07) is 11.9. The monoisotopic (exact) mass is 289 g/mol. The van der Waals surface area contributed by atoms with Crippen LogP contribution in [0, 0.1) is 0 Å². The molecule has 0 aliphatic carbocycles. The van der Waals surface area contributed by atoms with Crippen LogP contribution in [-0.2, 0) is 6.42 Å². The van der Waals surface area contributed by atoms with E-state index in [4.69, 9.17) is 4.42 Å². The van der Waals surface area contributed by atoms with Gasteiger partial charge in [0.2, 0.25) is 0 Å². The molecule has 0 aliphatic rings. The Morgan fingerprint density at radius 2 is 2.00 bits per heavy atom. The first-order chi connectivity index (χ1) is 9.65. The Hall–Kier alpha value is -1.68. The fourth-order valence-corrected chi connectivity index (χ4v) is 2.66. The first kappa shape index (κ1) is 14.7. The first-order valence-corrected chi connectivity index (χ1v) is 7.60. The summed E-state index contributed by atoms with van der Waals surface area (Å²) < 4.78 is 5.04. The van der Waals surface area contributed by atoms with Crippen LogP contribution in [0.15, 0.2) is 52.0 Å². The quantitative estimate of drug-likeness (QED) is 0.823. The van der Waals surface area contributed by atoms with Crippen LogP contribution >= 0.6 is 11.8 Å². The van der Waals surface area contributed by atoms with Gasteiger partial charge in [0.05, 0.1) is 6.26 Å². The van der Waals surface area contributed by atoms with Gasteiger partial charge in [0.1, 0.15) is 0 Å². The van der Waals surface area contributed by atoms with Gasteiger partial charge in [-0.2, -0.15) is 0 Å². The summed E-state index contributed by atoms with van der Waals surface area (Å²) in [4.78, 5) is 12.9. The van der Waals surface area contributed by atoms with Gasteiger partial charge in [-0.3, -0.25) is 4.79 Å². The molecule has 4 heteroatoms. The lowest BCUT2D eigenvalue weighted by atomic mass is 10.1. The van der Waals surface area contributed by atoms with Crippen LogP contribution in [0.4, 0.5) is 0 Å². The summed E-state index contributed by atoms with van der Waals surface area (Å²) in [5.74, 6) is 0.190. The van der Waals surface area contributed by atoms with Crippen molar-refractivity contribution < 1.29 is 9.21 Å². The number of thioether (sulfide) groups is 1. The van der Waals surface area contributed by atoms with Crippen molar-refractivity contribution in [2.24, 2.45) is 0 Å². The van der Waals surface area contributed by atoms with E-state index in [1.807, 2.05) is 11.8 Å². The molecular weight excluding hydrogens is 270 g/mol. The molecule has 106 valence electrons. The minimum atomic E-state index is -0.165. The van der Waals surface area contributed by atoms with Crippen molar-refractivity contribution in [3.63, 3.8) is 0 Å². The molecule has 0 spiro atoms. The standard InChI is InChI=1S/C16H19NO2S/c1-12(2)20-14-7-5-13(6-8-14)9-10-17-16(18)15-4-3-11-19-15/h3-8,11-12H,9-10H2,1-2H3,(H,17,18). The zero-order valence-electron chi connectivity index (χ0n) is 11.8. The van der Waals surface area contributed by atoms with Crippen molar-refractivity contribution in [1.29, 1.82) is 0 Å². The highest BCUT2D eigenvalue weighted by Gasteiger charge is 2.07. The molecule has 0 atom stereocenters. The van der Waals surface area contributed by atoms with Crippen molar-refractivity contribution in [3.8, 4) is 0 Å². The molecule has 1 amide bonds. The highest BCUT2D eigenvalue weighted by atomic mass is 32.2. The average molecular weight is 289 g/mol. The Bertz CT molecular complexity index is 532. The Morgan fingerprint density at radius 1 is 1.25 bits per heavy atom. The van der Waals surface area contributed by atoms with E-state index in [0.29, 0.717) is 17.6 Å². The van der Waals surface area contributed by atoms with Gasteiger partial charge in [0.15, 0.2) is 5.76 Å². The highest BCUT2D eigenvalue weighted by Crippen LogP contribution is 2.22. The van der Waals surface area contributed by atoms with Gasteiger partial charge in [0.25, 0.3) is 5.91 Å². The number of benzene rings is 1. The molecule has 0 aliphatic heterocycles. The molecule has 1 aromatic carbocycles. The molecule has 0 bridgehead atoms. The predicted octanol–water partition coefficient (Wildman–Crippen LogP) is 3.75. The van der Waals surface area contributed by atoms with E-state index < -0.39 is 0 Å². The summed E-state index contributed by atoms with van der Waals surface area (Å²) in [5.41, 5.74) is 1.22. The number of carbonyl (C=O) groups excluding carboxylic acids is 1. The van der Waals surface area contributed by atoms with Crippen LogP contribution in [0.25, 0.3) is 0 Å². The van der Waals surface area contributed by atoms with Crippen molar-refractivity contribution in [1.82, 2.24) is 5.32 Å². The van der Waals surface area contributed by atoms with Gasteiger partial charge < -0.3 is 9.73 Å². The van der Waals surface area contributed by atoms with Crippen LogP contribution in [0.2, 0.25) is 0 Å². The van der Waals surface area contributed by atoms with Gasteiger partial charge in [-0.05, 0) is 36.2 Å². The highest BCUT2D eigenvalue weighted by molar-refractivity contribution is 7.99. The summed E-state index contributed by atoms with van der Waals surface area (Å²) in [6.45, 7) is 4.97. The van der Waals surface area contributed by atoms with E-state index in [1.54, 1.807) is 12.1 Å². The number of furan rings is 1. The number of nitrogens with one attached hydrogen (secondary N) is 1. The third-order valence-electron chi connectivity index (χ3n) is 2.74. The Morgan fingerprint density at radius 3 is 2.60 bits per heavy atom. The second-order valence-electron chi connectivity index (χ2n) is 4.79. The van der Waals surface area contributed by atoms with E-state index in [1.165, 1.54) is 16.7 Å². The topological polar surface area (TPSA) is 42.2 Å². The largest absolute Gasteiger partial charge is 0.459 e. The van der Waals surface area contributed by atoms with Crippen LogP contribution < -0.4 is 5.32 Å². The van der Waals surface area contributed by atoms with Crippen LogP contribution in [0.1, 0.15) is 30.0 Å². The average Bonchev–Trinajstić information content (AvgIpc) is 2.94. The van der Waals surface area contributed by atoms with E-state index in [2.05, 4.69) is 43.4 Å². The maximum absolute atomic E-state index is 11.7. The minimum Gasteiger partial charge on any atom is -0.459 e. The smallest absolute Gasteiger partial charge is 0.286 e. The van der Waals surface area contributed by atoms with E-state index in [-0.39, 0.29) is 5.91 Å². The van der Waals surface area contributed by atoms with E-state index in [9.17, 15) is 4.79 Å². The fourth-order valence-electron chi connectivity index (χ4n) is 1.82. The summed E-state index contributed by atoms with van der Waals surface area (Å²) >= 11 is 1.85. The lowest BCUT2D eigenvalue weighted by molar-refractivity contribution is 0.0926. The molecule has 0 radical (unpaired) electrons. The van der Waals surface area contributed by atoms with E-state index >= 15 is 0 Å². The molecule has 0 fully saturated rings. The van der Waals surface area contributed by atoms with Gasteiger partial charge in [0, 0.05) is 16.7 Å². The Kier molecular flexibility index (Phi) is 5.30. The number of carbonyl (C=O) groups is 1. The van der Waals surface area contributed by atoms with Crippen molar-refractivity contribution in [2.45, 2.75) is 30.4 Å². The second kappa shape index (κ2) is 7.20. The van der Waals surface area contributed by atoms with Crippen LogP contribution in [0.3, 0.4) is 0 Å². The molecule has 1 N–H and O–H groups in total. The number of rotatable bonds is 6. The molecule has 2 rings (SSSR count). The summed E-state index contributed by atoms with van der Waals surface area (Å²) in [7, 11) is 0. The summed E-state index contributed by atoms with van der Waals surface area (Å²) in [6.07, 6.45) is 2.32. The fraction of sp³-hybridized carbons (Fsp3) is 0.312. The first-order valence-electron chi connectivity index (χ1n) is 6.72. The van der Waals surface area contributed by atoms with Crippen LogP contribution in [0.5, 0.6) is 0 Å². The molecule has 0 unspecified atom stereocenters. The molecule has 20 heavy (non-hydrogen) atoms. The number of amides is 1. The Balaban J connectivity index is 1.78. The molecule has 0 saturated carbocycles. The van der Waals surface area contributed by atoms with Crippen molar-refractivity contribution in [2.75, 3.05) is 6.54 Å². The SMILES string of the molecule is CC(C)Sc1ccc(CCNC(=O)c2ccco2)cc1. The lowest BCUT2D eigenvalue weighted by Gasteiger charge is -2.07. The van der Waals surface area contributed by atoms with Crippen molar-refractivity contribution >= 4 is 17.7 Å². The molecule has 0 saturated heterocycles. The normalized spacial score (nSPS) is 10.8. The Labute approximate surface area is 123 Å². The lowest BCUT2D eigenvalue weighted by Crippen LogP contribution is -2.25. The maximum atomic E-state index is 11.7. The molecule has 1 heterocycles. The van der Waals surface area contributed by atoms with E-state index in [0.717, 1.165) is 6.42 Å². The maximum Gasteiger partial charge on any atom is 0.286 e. The van der Waals surface area contributed by atoms with Crippen molar-refractivity contribution in [3.05, 3.63) is 54.0 Å². The minimum absolute atomic E-state index is 0.165. The van der Waals surface area contributed by atoms with Gasteiger partial charge in [-0.1, -0.05) is 26.0 Å². The predicted molar refractivity (Wildman–Crippen MR) is 82.2 cm³/mol. The van der Waals surface area contributed by atoms with Gasteiger partial charge in [-0.15, -0.1) is 11.8 Å². The van der Waals surface area contributed by atoms with Crippen LogP contribution in [-0.4, -0.2) is 17.7 Å². The zero-order chi connectivity index (χ0) is 14.4. The molecule has 1 aromatic heterocycles. The molecule has 2 aromatic rings. The number of hydrogen-bond donors (Lipinski definition) is 1. The molecular formula is C16H19NO2S.